The molecular formula is C28H21ClF6N4O5S. The number of allylic oxidation sites excluding steroid dienone is 1. The zero-order chi connectivity index (χ0) is 33.3. The third-order valence-electron chi connectivity index (χ3n) is 6.05. The quantitative estimate of drug-likeness (QED) is 0.125. The summed E-state index contributed by atoms with van der Waals surface area (Å²) >= 11 is 5.71. The van der Waals surface area contributed by atoms with Gasteiger partial charge in [-0.2, -0.15) is 13.2 Å². The van der Waals surface area contributed by atoms with Crippen molar-refractivity contribution in [3.63, 3.8) is 0 Å². The van der Waals surface area contributed by atoms with Crippen LogP contribution < -0.4 is 10.1 Å². The Morgan fingerprint density at radius 2 is 1.71 bits per heavy atom. The molecule has 2 aromatic carbocycles. The lowest BCUT2D eigenvalue weighted by Crippen LogP contribution is -2.22. The molecular weight excluding hydrogens is 654 g/mol. The van der Waals surface area contributed by atoms with Crippen molar-refractivity contribution in [2.24, 2.45) is 0 Å². The van der Waals surface area contributed by atoms with Crippen LogP contribution in [0, 0.1) is 12.3 Å². The molecule has 0 saturated carbocycles. The van der Waals surface area contributed by atoms with Gasteiger partial charge in [0, 0.05) is 48.0 Å². The Morgan fingerprint density at radius 1 is 1.07 bits per heavy atom. The molecule has 0 fully saturated rings. The summed E-state index contributed by atoms with van der Waals surface area (Å²) in [4.78, 5) is 8.14. The van der Waals surface area contributed by atoms with Crippen molar-refractivity contribution in [1.82, 2.24) is 9.97 Å². The van der Waals surface area contributed by atoms with Gasteiger partial charge in [0.05, 0.1) is 22.2 Å². The predicted molar refractivity (Wildman–Crippen MR) is 152 cm³/mol. The Hall–Kier alpha value is -4.41. The topological polar surface area (TPSA) is 138 Å². The average Bonchev–Trinajstić information content (AvgIpc) is 3.35. The fraction of sp³-hybridized carbons (Fsp3) is 0.179. The van der Waals surface area contributed by atoms with Crippen LogP contribution in [0.15, 0.2) is 75.3 Å². The molecule has 45 heavy (non-hydrogen) atoms. The standard InChI is InChI=1S/C28H21ClF6N4O5S/c1-14-39-24(15-3-6-18(7-4-15)44-28(33,34)35)25(43-14)19-9-16(17-10-23(45(2,41)42)22(13-40)37-11-17)5-8-21(19)38-12-20(29)26(36)27(30,31)32/h3-12,36,38,40H,13H2,1-2H3/b20-12+,36-26?. The third kappa shape index (κ3) is 8.01. The summed E-state index contributed by atoms with van der Waals surface area (Å²) in [6.45, 7) is 0.840. The number of aliphatic hydroxyl groups excluding tert-OH is 1. The van der Waals surface area contributed by atoms with Gasteiger partial charge in [0.25, 0.3) is 0 Å². The van der Waals surface area contributed by atoms with Crippen LogP contribution in [0.5, 0.6) is 5.75 Å². The molecule has 17 heteroatoms. The van der Waals surface area contributed by atoms with Crippen molar-refractivity contribution < 1.29 is 49.0 Å². The number of anilines is 1. The molecule has 0 bridgehead atoms. The molecule has 0 aliphatic heterocycles. The van der Waals surface area contributed by atoms with Gasteiger partial charge in [-0.15, -0.1) is 13.2 Å². The van der Waals surface area contributed by atoms with Crippen molar-refractivity contribution >= 4 is 32.8 Å². The van der Waals surface area contributed by atoms with E-state index in [1.807, 2.05) is 0 Å². The number of oxazole rings is 1. The summed E-state index contributed by atoms with van der Waals surface area (Å²) < 4.78 is 111. The van der Waals surface area contributed by atoms with Crippen LogP contribution in [0.2, 0.25) is 0 Å². The first-order valence-electron chi connectivity index (χ1n) is 12.4. The van der Waals surface area contributed by atoms with Gasteiger partial charge >= 0.3 is 12.5 Å². The van der Waals surface area contributed by atoms with E-state index in [2.05, 4.69) is 20.0 Å². The fourth-order valence-corrected chi connectivity index (χ4v) is 5.12. The second-order valence-electron chi connectivity index (χ2n) is 9.35. The first-order valence-corrected chi connectivity index (χ1v) is 14.7. The monoisotopic (exact) mass is 674 g/mol. The lowest BCUT2D eigenvalue weighted by atomic mass is 9.99. The van der Waals surface area contributed by atoms with Crippen molar-refractivity contribution in [3.8, 4) is 39.5 Å². The van der Waals surface area contributed by atoms with E-state index in [9.17, 15) is 39.9 Å². The van der Waals surface area contributed by atoms with Crippen LogP contribution in [0.25, 0.3) is 33.7 Å². The van der Waals surface area contributed by atoms with Gasteiger partial charge in [0.15, 0.2) is 27.2 Å². The third-order valence-corrected chi connectivity index (χ3v) is 7.50. The van der Waals surface area contributed by atoms with Gasteiger partial charge in [0.1, 0.15) is 11.4 Å². The number of aliphatic hydroxyl groups is 1. The largest absolute Gasteiger partial charge is 0.573 e. The minimum Gasteiger partial charge on any atom is -0.440 e. The first-order chi connectivity index (χ1) is 20.9. The number of benzene rings is 2. The SMILES string of the molecule is Cc1nc(-c2ccc(OC(F)(F)F)cc2)c(-c2cc(-c3cnc(CO)c(S(C)(=O)=O)c3)ccc2N/C=C(/Cl)C(=N)C(F)(F)F)o1. The number of hydrogen-bond acceptors (Lipinski definition) is 9. The molecule has 0 aliphatic carbocycles. The average molecular weight is 675 g/mol. The van der Waals surface area contributed by atoms with Gasteiger partial charge in [0.2, 0.25) is 0 Å². The number of aromatic nitrogens is 2. The smallest absolute Gasteiger partial charge is 0.440 e. The Balaban J connectivity index is 1.88. The van der Waals surface area contributed by atoms with E-state index in [0.717, 1.165) is 24.6 Å². The van der Waals surface area contributed by atoms with E-state index < -0.39 is 45.5 Å². The highest BCUT2D eigenvalue weighted by Gasteiger charge is 2.36. The Morgan fingerprint density at radius 3 is 2.29 bits per heavy atom. The maximum atomic E-state index is 13.0. The summed E-state index contributed by atoms with van der Waals surface area (Å²) in [6, 6.07) is 10.3. The van der Waals surface area contributed by atoms with Crippen LogP contribution in [0.4, 0.5) is 32.0 Å². The number of aryl methyl sites for hydroxylation is 1. The summed E-state index contributed by atoms with van der Waals surface area (Å²) in [5, 5.41) is 18.5. The van der Waals surface area contributed by atoms with Crippen LogP contribution in [-0.4, -0.2) is 48.0 Å². The van der Waals surface area contributed by atoms with E-state index in [1.165, 1.54) is 49.5 Å². The fourth-order valence-electron chi connectivity index (χ4n) is 4.08. The predicted octanol–water partition coefficient (Wildman–Crippen LogP) is 7.25. The van der Waals surface area contributed by atoms with Gasteiger partial charge in [-0.05, 0) is 48.0 Å². The van der Waals surface area contributed by atoms with Crippen LogP contribution >= 0.6 is 11.6 Å². The number of pyridine rings is 1. The number of hydrogen-bond donors (Lipinski definition) is 3. The molecule has 0 spiro atoms. The molecule has 0 aliphatic rings. The molecule has 9 nitrogen and oxygen atoms in total. The lowest BCUT2D eigenvalue weighted by Gasteiger charge is -2.14. The van der Waals surface area contributed by atoms with Crippen molar-refractivity contribution in [3.05, 3.63) is 77.5 Å². The minimum absolute atomic E-state index is 0.0278. The van der Waals surface area contributed by atoms with Crippen LogP contribution in [0.3, 0.4) is 0 Å². The Labute approximate surface area is 256 Å². The number of sulfone groups is 1. The second-order valence-corrected chi connectivity index (χ2v) is 11.7. The number of nitrogens with one attached hydrogen (secondary N) is 2. The molecule has 0 amide bonds. The highest BCUT2D eigenvalue weighted by atomic mass is 35.5. The molecule has 4 aromatic rings. The molecule has 4 rings (SSSR count). The Bertz CT molecular complexity index is 1890. The molecule has 2 aromatic heterocycles. The van der Waals surface area contributed by atoms with Crippen molar-refractivity contribution in [2.75, 3.05) is 11.6 Å². The van der Waals surface area contributed by atoms with E-state index >= 15 is 0 Å². The molecule has 0 radical (unpaired) electrons. The number of nitrogens with zero attached hydrogens (tertiary/aromatic N) is 2. The van der Waals surface area contributed by atoms with E-state index in [4.69, 9.17) is 21.4 Å². The minimum atomic E-state index is -5.02. The summed E-state index contributed by atoms with van der Waals surface area (Å²) in [6.07, 6.45) is -6.96. The van der Waals surface area contributed by atoms with Crippen molar-refractivity contribution in [2.45, 2.75) is 31.0 Å². The highest BCUT2D eigenvalue weighted by Crippen LogP contribution is 2.40. The summed E-state index contributed by atoms with van der Waals surface area (Å²) in [7, 11) is -3.82. The van der Waals surface area contributed by atoms with Crippen LogP contribution in [0.1, 0.15) is 11.6 Å². The molecule has 2 heterocycles. The zero-order valence-corrected chi connectivity index (χ0v) is 24.6. The molecule has 238 valence electrons. The van der Waals surface area contributed by atoms with E-state index in [0.29, 0.717) is 5.56 Å². The number of alkyl halides is 6. The lowest BCUT2D eigenvalue weighted by molar-refractivity contribution is -0.274. The number of halogens is 7. The normalized spacial score (nSPS) is 12.7. The zero-order valence-electron chi connectivity index (χ0n) is 23.0. The molecule has 0 atom stereocenters. The van der Waals surface area contributed by atoms with E-state index in [1.54, 1.807) is 0 Å². The Kier molecular flexibility index (Phi) is 9.32. The summed E-state index contributed by atoms with van der Waals surface area (Å²) in [5.41, 5.74) is -0.588. The molecule has 0 unspecified atom stereocenters. The number of rotatable bonds is 9. The first kappa shape index (κ1) is 33.5. The van der Waals surface area contributed by atoms with Gasteiger partial charge in [-0.3, -0.25) is 10.4 Å². The van der Waals surface area contributed by atoms with E-state index in [-0.39, 0.29) is 50.3 Å². The maximum Gasteiger partial charge on any atom is 0.573 e. The van der Waals surface area contributed by atoms with Gasteiger partial charge in [-0.25, -0.2) is 13.4 Å². The summed E-state index contributed by atoms with van der Waals surface area (Å²) in [5.74, 6) is -0.350. The molecule has 3 N–H and O–H groups in total. The second kappa shape index (κ2) is 12.5. The highest BCUT2D eigenvalue weighted by molar-refractivity contribution is 7.90. The maximum absolute atomic E-state index is 13.0. The van der Waals surface area contributed by atoms with Crippen LogP contribution in [-0.2, 0) is 16.4 Å². The molecule has 0 saturated heterocycles. The number of ether oxygens (including phenoxy) is 1. The van der Waals surface area contributed by atoms with Gasteiger partial charge < -0.3 is 19.6 Å². The van der Waals surface area contributed by atoms with Crippen molar-refractivity contribution in [1.29, 1.82) is 5.41 Å². The van der Waals surface area contributed by atoms with Gasteiger partial charge in [-0.1, -0.05) is 17.7 Å².